The van der Waals surface area contributed by atoms with Gasteiger partial charge in [0.25, 0.3) is 17.1 Å². The van der Waals surface area contributed by atoms with Crippen LogP contribution in [0.25, 0.3) is 6.08 Å². The number of nitrogens with one attached hydrogen (secondary N) is 2. The summed E-state index contributed by atoms with van der Waals surface area (Å²) < 4.78 is 17.1. The first-order valence-electron chi connectivity index (χ1n) is 12.5. The third-order valence-corrected chi connectivity index (χ3v) is 7.81. The maximum absolute atomic E-state index is 12.9. The summed E-state index contributed by atoms with van der Waals surface area (Å²) in [6.07, 6.45) is 1.52. The van der Waals surface area contributed by atoms with Crippen molar-refractivity contribution in [1.82, 2.24) is 4.90 Å². The van der Waals surface area contributed by atoms with Crippen molar-refractivity contribution < 1.29 is 33.4 Å². The summed E-state index contributed by atoms with van der Waals surface area (Å²) in [4.78, 5) is 51.3. The molecule has 13 heteroatoms. The van der Waals surface area contributed by atoms with E-state index in [1.807, 2.05) is 6.92 Å². The Balaban J connectivity index is 1.35. The summed E-state index contributed by atoms with van der Waals surface area (Å²) in [6.45, 7) is 1.67. The van der Waals surface area contributed by atoms with Crippen LogP contribution in [0.15, 0.2) is 70.0 Å². The monoisotopic (exact) mass is 673 g/mol. The van der Waals surface area contributed by atoms with Gasteiger partial charge in [0.15, 0.2) is 18.1 Å². The van der Waals surface area contributed by atoms with E-state index >= 15 is 0 Å². The van der Waals surface area contributed by atoms with E-state index in [4.69, 9.17) is 25.8 Å². The van der Waals surface area contributed by atoms with Gasteiger partial charge in [-0.2, -0.15) is 0 Å². The molecular formula is C29H25BrClN3O7S. The number of amides is 4. The van der Waals surface area contributed by atoms with Crippen LogP contribution >= 0.6 is 39.3 Å². The smallest absolute Gasteiger partial charge is 0.294 e. The van der Waals surface area contributed by atoms with E-state index in [2.05, 4.69) is 26.6 Å². The summed E-state index contributed by atoms with van der Waals surface area (Å²) in [5.74, 6) is -0.223. The number of halogens is 2. The molecular weight excluding hydrogens is 650 g/mol. The average molecular weight is 675 g/mol. The van der Waals surface area contributed by atoms with Gasteiger partial charge < -0.3 is 24.8 Å². The second-order valence-corrected chi connectivity index (χ2v) is 10.9. The van der Waals surface area contributed by atoms with Crippen LogP contribution in [0.2, 0.25) is 5.02 Å². The lowest BCUT2D eigenvalue weighted by atomic mass is 10.2. The Morgan fingerprint density at radius 2 is 1.67 bits per heavy atom. The number of carbonyl (C=O) groups excluding carboxylic acids is 4. The largest absolute Gasteiger partial charge is 0.494 e. The number of thioether (sulfide) groups is 1. The van der Waals surface area contributed by atoms with Crippen LogP contribution in [0.1, 0.15) is 12.5 Å². The third-order valence-electron chi connectivity index (χ3n) is 5.67. The summed E-state index contributed by atoms with van der Waals surface area (Å²) in [5.41, 5.74) is 1.58. The molecule has 1 saturated heterocycles. The Morgan fingerprint density at radius 3 is 2.36 bits per heavy atom. The van der Waals surface area contributed by atoms with Crippen molar-refractivity contribution in [1.29, 1.82) is 0 Å². The Bertz CT molecular complexity index is 1550. The first kappa shape index (κ1) is 30.9. The number of hydrogen-bond acceptors (Lipinski definition) is 8. The number of carbonyl (C=O) groups is 4. The minimum atomic E-state index is -0.587. The van der Waals surface area contributed by atoms with Crippen molar-refractivity contribution in [2.75, 3.05) is 37.5 Å². The van der Waals surface area contributed by atoms with Gasteiger partial charge in [0.2, 0.25) is 5.91 Å². The molecule has 42 heavy (non-hydrogen) atoms. The van der Waals surface area contributed by atoms with Crippen LogP contribution in [0.4, 0.5) is 16.2 Å². The van der Waals surface area contributed by atoms with E-state index in [1.165, 1.54) is 13.2 Å². The van der Waals surface area contributed by atoms with Gasteiger partial charge in [-0.05, 0) is 101 Å². The molecule has 0 aromatic heterocycles. The molecule has 1 aliphatic rings. The highest BCUT2D eigenvalue weighted by Crippen LogP contribution is 2.34. The maximum atomic E-state index is 12.9. The number of rotatable bonds is 11. The fourth-order valence-corrected chi connectivity index (χ4v) is 5.01. The van der Waals surface area contributed by atoms with Gasteiger partial charge in [-0.25, -0.2) is 0 Å². The van der Waals surface area contributed by atoms with Crippen LogP contribution in [-0.4, -0.2) is 54.7 Å². The maximum Gasteiger partial charge on any atom is 0.294 e. The Hall–Kier alpha value is -4.00. The van der Waals surface area contributed by atoms with Crippen molar-refractivity contribution in [3.63, 3.8) is 0 Å². The fourth-order valence-electron chi connectivity index (χ4n) is 3.74. The first-order chi connectivity index (χ1) is 20.2. The molecule has 0 saturated carbocycles. The van der Waals surface area contributed by atoms with Crippen molar-refractivity contribution in [2.45, 2.75) is 6.92 Å². The third kappa shape index (κ3) is 8.05. The van der Waals surface area contributed by atoms with E-state index in [0.717, 1.165) is 16.7 Å². The number of imide groups is 1. The van der Waals surface area contributed by atoms with E-state index in [9.17, 15) is 19.2 Å². The van der Waals surface area contributed by atoms with E-state index < -0.39 is 29.5 Å². The number of methoxy groups -OCH3 is 1. The Labute approximate surface area is 259 Å². The molecule has 4 amide bonds. The van der Waals surface area contributed by atoms with Crippen LogP contribution in [0, 0.1) is 0 Å². The normalized spacial score (nSPS) is 13.7. The molecule has 3 aromatic carbocycles. The number of anilines is 2. The molecule has 10 nitrogen and oxygen atoms in total. The standard InChI is InChI=1S/C29H25BrClN3O7S/c1-3-40-20-8-5-18(6-9-20)32-26(35)15-34-28(37)25(42-29(34)38)13-17-4-11-23(24(12-17)39-2)41-16-27(36)33-19-7-10-21(30)22(31)14-19/h4-14H,3,15-16H2,1-2H3,(H,32,35)(H,33,36)/b25-13+. The molecule has 4 rings (SSSR count). The lowest BCUT2D eigenvalue weighted by Crippen LogP contribution is -2.36. The summed E-state index contributed by atoms with van der Waals surface area (Å²) in [6, 6.07) is 16.6. The molecule has 2 N–H and O–H groups in total. The van der Waals surface area contributed by atoms with Crippen molar-refractivity contribution in [3.05, 3.63) is 80.6 Å². The van der Waals surface area contributed by atoms with Crippen molar-refractivity contribution >= 4 is 79.7 Å². The molecule has 1 heterocycles. The molecule has 3 aromatic rings. The predicted molar refractivity (Wildman–Crippen MR) is 165 cm³/mol. The highest BCUT2D eigenvalue weighted by molar-refractivity contribution is 9.10. The van der Waals surface area contributed by atoms with Crippen molar-refractivity contribution in [2.24, 2.45) is 0 Å². The molecule has 1 fully saturated rings. The van der Waals surface area contributed by atoms with Gasteiger partial charge in [0.05, 0.1) is 23.6 Å². The van der Waals surface area contributed by atoms with Crippen LogP contribution in [-0.2, 0) is 14.4 Å². The van der Waals surface area contributed by atoms with Gasteiger partial charge in [0.1, 0.15) is 12.3 Å². The highest BCUT2D eigenvalue weighted by Gasteiger charge is 2.36. The Morgan fingerprint density at radius 1 is 0.952 bits per heavy atom. The van der Waals surface area contributed by atoms with Gasteiger partial charge >= 0.3 is 0 Å². The van der Waals surface area contributed by atoms with Gasteiger partial charge in [-0.3, -0.25) is 24.1 Å². The van der Waals surface area contributed by atoms with Crippen LogP contribution in [0.3, 0.4) is 0 Å². The minimum absolute atomic E-state index is 0.150. The van der Waals surface area contributed by atoms with E-state index in [0.29, 0.717) is 50.3 Å². The average Bonchev–Trinajstić information content (AvgIpc) is 3.22. The molecule has 0 spiro atoms. The zero-order chi connectivity index (χ0) is 30.2. The van der Waals surface area contributed by atoms with Gasteiger partial charge in [-0.15, -0.1) is 0 Å². The molecule has 0 radical (unpaired) electrons. The van der Waals surface area contributed by atoms with E-state index in [-0.39, 0.29) is 11.5 Å². The summed E-state index contributed by atoms with van der Waals surface area (Å²) in [5, 5.41) is 5.26. The lowest BCUT2D eigenvalue weighted by molar-refractivity contribution is -0.127. The zero-order valence-corrected chi connectivity index (χ0v) is 25.6. The fraction of sp³-hybridized carbons (Fsp3) is 0.172. The minimum Gasteiger partial charge on any atom is -0.494 e. The number of hydrogen-bond donors (Lipinski definition) is 2. The molecule has 1 aliphatic heterocycles. The lowest BCUT2D eigenvalue weighted by Gasteiger charge is -2.13. The van der Waals surface area contributed by atoms with Gasteiger partial charge in [-0.1, -0.05) is 17.7 Å². The molecule has 0 unspecified atom stereocenters. The van der Waals surface area contributed by atoms with Crippen molar-refractivity contribution in [3.8, 4) is 17.2 Å². The van der Waals surface area contributed by atoms with Crippen LogP contribution in [0.5, 0.6) is 17.2 Å². The number of ether oxygens (including phenoxy) is 3. The summed E-state index contributed by atoms with van der Waals surface area (Å²) >= 11 is 10.1. The molecule has 0 atom stereocenters. The second-order valence-electron chi connectivity index (χ2n) is 8.65. The van der Waals surface area contributed by atoms with Gasteiger partial charge in [0, 0.05) is 15.8 Å². The number of nitrogens with zero attached hydrogens (tertiary/aromatic N) is 1. The SMILES string of the molecule is CCOc1ccc(NC(=O)CN2C(=O)S/C(=C/c3ccc(OCC(=O)Nc4ccc(Br)c(Cl)c4)c(OC)c3)C2=O)cc1. The molecule has 0 bridgehead atoms. The van der Waals surface area contributed by atoms with Crippen LogP contribution < -0.4 is 24.8 Å². The number of benzene rings is 3. The quantitative estimate of drug-likeness (QED) is 0.231. The Kier molecular flexibility index (Phi) is 10.5. The van der Waals surface area contributed by atoms with E-state index in [1.54, 1.807) is 60.7 Å². The molecule has 218 valence electrons. The topological polar surface area (TPSA) is 123 Å². The molecule has 0 aliphatic carbocycles. The zero-order valence-electron chi connectivity index (χ0n) is 22.4. The first-order valence-corrected chi connectivity index (χ1v) is 14.5. The summed E-state index contributed by atoms with van der Waals surface area (Å²) in [7, 11) is 1.44. The highest BCUT2D eigenvalue weighted by atomic mass is 79.9. The predicted octanol–water partition coefficient (Wildman–Crippen LogP) is 6.20. The second kappa shape index (κ2) is 14.3.